The first-order valence-electron chi connectivity index (χ1n) is 7.38. The molecule has 2 nitrogen and oxygen atoms in total. The first-order valence-corrected chi connectivity index (χ1v) is 8.13. The molecule has 0 radical (unpaired) electrons. The molecule has 2 saturated carbocycles. The average Bonchev–Trinajstić information content (AvgIpc) is 2.99. The summed E-state index contributed by atoms with van der Waals surface area (Å²) in [6, 6.07) is 0. The Hall–Kier alpha value is -0.340. The Balaban J connectivity index is 1.89. The zero-order valence-corrected chi connectivity index (χ0v) is 12.8. The standard InChI is InChI=1S/C15H20Cl2N2/c1-9-6-7-11(8-9)15-18-13(16)12(14(17)19-15)10-4-2-3-5-10/h9-11H,2-8H2,1H3. The highest BCUT2D eigenvalue weighted by Gasteiger charge is 2.29. The van der Waals surface area contributed by atoms with Crippen molar-refractivity contribution < 1.29 is 0 Å². The van der Waals surface area contributed by atoms with Crippen LogP contribution in [0.1, 0.15) is 75.1 Å². The third-order valence-corrected chi connectivity index (χ3v) is 5.27. The summed E-state index contributed by atoms with van der Waals surface area (Å²) in [5, 5.41) is 1.20. The van der Waals surface area contributed by atoms with E-state index in [0.29, 0.717) is 22.1 Å². The first-order chi connectivity index (χ1) is 9.15. The predicted molar refractivity (Wildman–Crippen MR) is 79.0 cm³/mol. The second kappa shape index (κ2) is 5.57. The summed E-state index contributed by atoms with van der Waals surface area (Å²) in [6.45, 7) is 2.29. The van der Waals surface area contributed by atoms with Gasteiger partial charge in [-0.1, -0.05) is 43.0 Å². The molecule has 2 aliphatic carbocycles. The molecule has 2 fully saturated rings. The van der Waals surface area contributed by atoms with Crippen molar-refractivity contribution in [2.75, 3.05) is 0 Å². The summed E-state index contributed by atoms with van der Waals surface area (Å²) in [5.74, 6) is 2.54. The summed E-state index contributed by atoms with van der Waals surface area (Å²) in [7, 11) is 0. The molecule has 0 aliphatic heterocycles. The minimum Gasteiger partial charge on any atom is -0.221 e. The van der Waals surface area contributed by atoms with Gasteiger partial charge in [-0.15, -0.1) is 0 Å². The Morgan fingerprint density at radius 2 is 1.53 bits per heavy atom. The third kappa shape index (κ3) is 2.75. The van der Waals surface area contributed by atoms with Crippen LogP contribution in [0, 0.1) is 5.92 Å². The van der Waals surface area contributed by atoms with Gasteiger partial charge in [0.1, 0.15) is 16.1 Å². The summed E-state index contributed by atoms with van der Waals surface area (Å²) >= 11 is 12.8. The molecule has 4 heteroatoms. The number of rotatable bonds is 2. The van der Waals surface area contributed by atoms with Crippen LogP contribution >= 0.6 is 23.2 Å². The molecule has 1 heterocycles. The fraction of sp³-hybridized carbons (Fsp3) is 0.733. The van der Waals surface area contributed by atoms with E-state index in [1.165, 1.54) is 32.1 Å². The molecule has 1 aromatic rings. The van der Waals surface area contributed by atoms with Crippen molar-refractivity contribution in [1.82, 2.24) is 9.97 Å². The highest BCUT2D eigenvalue weighted by molar-refractivity contribution is 6.34. The lowest BCUT2D eigenvalue weighted by Gasteiger charge is -2.16. The summed E-state index contributed by atoms with van der Waals surface area (Å²) in [6.07, 6.45) is 8.45. The van der Waals surface area contributed by atoms with E-state index in [9.17, 15) is 0 Å². The largest absolute Gasteiger partial charge is 0.221 e. The molecule has 0 spiro atoms. The maximum atomic E-state index is 6.39. The molecular formula is C15H20Cl2N2. The Labute approximate surface area is 124 Å². The number of halogens is 2. The van der Waals surface area contributed by atoms with Crippen molar-refractivity contribution in [3.8, 4) is 0 Å². The smallest absolute Gasteiger partial charge is 0.137 e. The fourth-order valence-corrected chi connectivity index (χ4v) is 4.32. The third-order valence-electron chi connectivity index (χ3n) is 4.69. The van der Waals surface area contributed by atoms with E-state index in [-0.39, 0.29) is 0 Å². The molecular weight excluding hydrogens is 279 g/mol. The Bertz CT molecular complexity index is 446. The zero-order chi connectivity index (χ0) is 13.4. The maximum absolute atomic E-state index is 6.39. The SMILES string of the molecule is CC1CCC(c2nc(Cl)c(C3CCCC3)c(Cl)n2)C1. The minimum atomic E-state index is 0.447. The van der Waals surface area contributed by atoms with Gasteiger partial charge < -0.3 is 0 Å². The molecule has 2 atom stereocenters. The normalized spacial score (nSPS) is 28.2. The van der Waals surface area contributed by atoms with Gasteiger partial charge in [0.05, 0.1) is 0 Å². The summed E-state index contributed by atoms with van der Waals surface area (Å²) < 4.78 is 0. The quantitative estimate of drug-likeness (QED) is 0.688. The minimum absolute atomic E-state index is 0.447. The van der Waals surface area contributed by atoms with Gasteiger partial charge in [-0.05, 0) is 43.9 Å². The molecule has 2 unspecified atom stereocenters. The van der Waals surface area contributed by atoms with Crippen LogP contribution in [-0.2, 0) is 0 Å². The van der Waals surface area contributed by atoms with Crippen LogP contribution < -0.4 is 0 Å². The molecule has 19 heavy (non-hydrogen) atoms. The number of aromatic nitrogens is 2. The van der Waals surface area contributed by atoms with Gasteiger partial charge in [0.2, 0.25) is 0 Å². The van der Waals surface area contributed by atoms with Gasteiger partial charge in [0.15, 0.2) is 0 Å². The molecule has 104 valence electrons. The second-order valence-electron chi connectivity index (χ2n) is 6.17. The molecule has 0 aromatic carbocycles. The van der Waals surface area contributed by atoms with Crippen molar-refractivity contribution in [3.63, 3.8) is 0 Å². The van der Waals surface area contributed by atoms with Crippen molar-refractivity contribution in [2.45, 2.75) is 63.7 Å². The van der Waals surface area contributed by atoms with Crippen molar-refractivity contribution in [1.29, 1.82) is 0 Å². The molecule has 3 rings (SSSR count). The van der Waals surface area contributed by atoms with E-state index in [0.717, 1.165) is 30.1 Å². The van der Waals surface area contributed by atoms with Crippen LogP contribution in [0.4, 0.5) is 0 Å². The maximum Gasteiger partial charge on any atom is 0.137 e. The van der Waals surface area contributed by atoms with Gasteiger partial charge in [-0.25, -0.2) is 9.97 Å². The number of hydrogen-bond acceptors (Lipinski definition) is 2. The number of hydrogen-bond donors (Lipinski definition) is 0. The van der Waals surface area contributed by atoms with Crippen LogP contribution in [0.2, 0.25) is 10.3 Å². The van der Waals surface area contributed by atoms with Crippen LogP contribution in [0.25, 0.3) is 0 Å². The molecule has 0 bridgehead atoms. The molecule has 0 amide bonds. The zero-order valence-electron chi connectivity index (χ0n) is 11.3. The fourth-order valence-electron chi connectivity index (χ4n) is 3.61. The van der Waals surface area contributed by atoms with E-state index in [1.807, 2.05) is 0 Å². The molecule has 0 saturated heterocycles. The van der Waals surface area contributed by atoms with Crippen LogP contribution in [0.3, 0.4) is 0 Å². The van der Waals surface area contributed by atoms with Crippen molar-refractivity contribution >= 4 is 23.2 Å². The summed E-state index contributed by atoms with van der Waals surface area (Å²) in [4.78, 5) is 9.13. The monoisotopic (exact) mass is 298 g/mol. The summed E-state index contributed by atoms with van der Waals surface area (Å²) in [5.41, 5.74) is 0.996. The molecule has 2 aliphatic rings. The van der Waals surface area contributed by atoms with Crippen LogP contribution in [0.15, 0.2) is 0 Å². The van der Waals surface area contributed by atoms with E-state index in [4.69, 9.17) is 23.2 Å². The van der Waals surface area contributed by atoms with Crippen molar-refractivity contribution in [2.24, 2.45) is 5.92 Å². The highest BCUT2D eigenvalue weighted by Crippen LogP contribution is 2.42. The molecule has 0 N–H and O–H groups in total. The lowest BCUT2D eigenvalue weighted by atomic mass is 10.00. The topological polar surface area (TPSA) is 25.8 Å². The first kappa shape index (κ1) is 13.6. The van der Waals surface area contributed by atoms with E-state index >= 15 is 0 Å². The second-order valence-corrected chi connectivity index (χ2v) is 6.89. The van der Waals surface area contributed by atoms with Gasteiger partial charge in [-0.2, -0.15) is 0 Å². The Morgan fingerprint density at radius 1 is 0.895 bits per heavy atom. The van der Waals surface area contributed by atoms with Crippen LogP contribution in [-0.4, -0.2) is 9.97 Å². The van der Waals surface area contributed by atoms with Crippen molar-refractivity contribution in [3.05, 3.63) is 21.7 Å². The number of nitrogens with zero attached hydrogens (tertiary/aromatic N) is 2. The van der Waals surface area contributed by atoms with Gasteiger partial charge >= 0.3 is 0 Å². The van der Waals surface area contributed by atoms with E-state index in [2.05, 4.69) is 16.9 Å². The van der Waals surface area contributed by atoms with Crippen LogP contribution in [0.5, 0.6) is 0 Å². The predicted octanol–water partition coefficient (Wildman–Crippen LogP) is 5.34. The van der Waals surface area contributed by atoms with Gasteiger partial charge in [0, 0.05) is 11.5 Å². The van der Waals surface area contributed by atoms with Gasteiger partial charge in [-0.3, -0.25) is 0 Å². The Kier molecular flexibility index (Phi) is 4.00. The lowest BCUT2D eigenvalue weighted by Crippen LogP contribution is -2.06. The molecule has 1 aromatic heterocycles. The lowest BCUT2D eigenvalue weighted by molar-refractivity contribution is 0.583. The van der Waals surface area contributed by atoms with E-state index < -0.39 is 0 Å². The Morgan fingerprint density at radius 3 is 2.05 bits per heavy atom. The average molecular weight is 299 g/mol. The van der Waals surface area contributed by atoms with E-state index in [1.54, 1.807) is 0 Å². The van der Waals surface area contributed by atoms with Gasteiger partial charge in [0.25, 0.3) is 0 Å². The highest BCUT2D eigenvalue weighted by atomic mass is 35.5.